The summed E-state index contributed by atoms with van der Waals surface area (Å²) in [6, 6.07) is 0. The maximum absolute atomic E-state index is 2.68. The summed E-state index contributed by atoms with van der Waals surface area (Å²) in [6.45, 7) is 17.7. The second-order valence-corrected chi connectivity index (χ2v) is 14.3. The van der Waals surface area contributed by atoms with E-state index in [9.17, 15) is 0 Å². The second-order valence-electron chi connectivity index (χ2n) is 8.04. The van der Waals surface area contributed by atoms with Crippen molar-refractivity contribution in [2.45, 2.75) is 89.6 Å². The van der Waals surface area contributed by atoms with Crippen molar-refractivity contribution in [3.05, 3.63) is 0 Å². The van der Waals surface area contributed by atoms with Crippen LogP contribution in [-0.4, -0.2) is 22.6 Å². The molecule has 0 atom stereocenters. The molecule has 0 nitrogen and oxygen atoms in total. The van der Waals surface area contributed by atoms with Gasteiger partial charge in [0.1, 0.15) is 0 Å². The molecule has 1 fully saturated rings. The first-order chi connectivity index (χ1) is 7.11. The Morgan fingerprint density at radius 2 is 1.12 bits per heavy atom. The molecule has 1 rings (SSSR count). The van der Waals surface area contributed by atoms with Gasteiger partial charge in [-0.05, 0) is 0 Å². The molecule has 98 valence electrons. The van der Waals surface area contributed by atoms with E-state index in [-0.39, 0.29) is 0 Å². The molecule has 0 aromatic rings. The van der Waals surface area contributed by atoms with Gasteiger partial charge in [-0.2, -0.15) is 0 Å². The Balaban J connectivity index is 3.04. The van der Waals surface area contributed by atoms with E-state index in [1.165, 1.54) is 32.1 Å². The monoisotopic (exact) mass is 244 g/mol. The molecule has 0 spiro atoms. The van der Waals surface area contributed by atoms with E-state index in [0.29, 0.717) is 10.3 Å². The van der Waals surface area contributed by atoms with Gasteiger partial charge in [0, 0.05) is 0 Å². The molecule has 0 saturated heterocycles. The molecule has 0 aliphatic heterocycles. The number of hydrogen-bond acceptors (Lipinski definition) is 0. The van der Waals surface area contributed by atoms with Gasteiger partial charge in [0.15, 0.2) is 0 Å². The first kappa shape index (κ1) is 14.5. The van der Waals surface area contributed by atoms with Crippen molar-refractivity contribution in [1.29, 1.82) is 0 Å². The molecule has 1 heteroatoms. The van der Waals surface area contributed by atoms with Crippen molar-refractivity contribution in [3.63, 3.8) is 0 Å². The Morgan fingerprint density at radius 1 is 0.750 bits per heavy atom. The topological polar surface area (TPSA) is 0 Å². The molecule has 16 heavy (non-hydrogen) atoms. The third kappa shape index (κ3) is 2.47. The van der Waals surface area contributed by atoms with Gasteiger partial charge >= 0.3 is 104 Å². The maximum atomic E-state index is 2.68. The van der Waals surface area contributed by atoms with E-state index in [1.807, 2.05) is 0 Å². The van der Waals surface area contributed by atoms with Crippen molar-refractivity contribution in [2.75, 3.05) is 6.66 Å². The minimum atomic E-state index is -1.25. The van der Waals surface area contributed by atoms with Gasteiger partial charge in [0.05, 0.1) is 0 Å². The van der Waals surface area contributed by atoms with Crippen LogP contribution in [-0.2, 0) is 0 Å². The molecular weight excluding hydrogens is 211 g/mol. The number of hydrogen-bond donors (Lipinski definition) is 0. The molecular formula is C15H33P. The van der Waals surface area contributed by atoms with Gasteiger partial charge < -0.3 is 0 Å². The van der Waals surface area contributed by atoms with Crippen LogP contribution in [0.3, 0.4) is 0 Å². The van der Waals surface area contributed by atoms with Crippen LogP contribution < -0.4 is 0 Å². The van der Waals surface area contributed by atoms with E-state index >= 15 is 0 Å². The molecule has 0 aromatic carbocycles. The average molecular weight is 244 g/mol. The van der Waals surface area contributed by atoms with Crippen LogP contribution in [0, 0.1) is 0 Å². The predicted octanol–water partition coefficient (Wildman–Crippen LogP) is 5.30. The molecule has 0 amide bonds. The third-order valence-corrected chi connectivity index (χ3v) is 14.0. The molecule has 0 heterocycles. The van der Waals surface area contributed by atoms with Crippen LogP contribution in [0.1, 0.15) is 73.6 Å². The van der Waals surface area contributed by atoms with Gasteiger partial charge in [-0.15, -0.1) is 0 Å². The molecule has 0 unspecified atom stereocenters. The van der Waals surface area contributed by atoms with Gasteiger partial charge in [0.2, 0.25) is 0 Å². The predicted molar refractivity (Wildman–Crippen MR) is 80.6 cm³/mol. The van der Waals surface area contributed by atoms with Gasteiger partial charge in [-0.25, -0.2) is 0 Å². The van der Waals surface area contributed by atoms with Crippen LogP contribution in [0.15, 0.2) is 0 Å². The van der Waals surface area contributed by atoms with E-state index in [4.69, 9.17) is 0 Å². The molecule has 0 N–H and O–H groups in total. The molecule has 1 aliphatic carbocycles. The van der Waals surface area contributed by atoms with Gasteiger partial charge in [-0.3, -0.25) is 0 Å². The van der Waals surface area contributed by atoms with Crippen LogP contribution in [0.5, 0.6) is 0 Å². The molecule has 1 aliphatic rings. The van der Waals surface area contributed by atoms with Gasteiger partial charge in [0.25, 0.3) is 0 Å². The molecule has 1 saturated carbocycles. The number of rotatable bonds is 1. The zero-order valence-electron chi connectivity index (χ0n) is 12.6. The van der Waals surface area contributed by atoms with Crippen molar-refractivity contribution < 1.29 is 0 Å². The first-order valence-corrected chi connectivity index (χ1v) is 9.68. The van der Waals surface area contributed by atoms with Crippen LogP contribution in [0.4, 0.5) is 0 Å². The Hall–Kier alpha value is 0.430. The first-order valence-electron chi connectivity index (χ1n) is 7.11. The fraction of sp³-hybridized carbons (Fsp3) is 1.00. The quantitative estimate of drug-likeness (QED) is 0.549. The van der Waals surface area contributed by atoms with Crippen molar-refractivity contribution in [1.82, 2.24) is 0 Å². The molecule has 0 bridgehead atoms. The van der Waals surface area contributed by atoms with E-state index in [0.717, 1.165) is 5.66 Å². The Morgan fingerprint density at radius 3 is 1.44 bits per heavy atom. The Kier molecular flexibility index (Phi) is 4.17. The van der Waals surface area contributed by atoms with Crippen LogP contribution in [0.25, 0.3) is 0 Å². The fourth-order valence-corrected chi connectivity index (χ4v) is 10.3. The van der Waals surface area contributed by atoms with Gasteiger partial charge in [-0.1, -0.05) is 0 Å². The minimum absolute atomic E-state index is 0.535. The van der Waals surface area contributed by atoms with Crippen LogP contribution in [0.2, 0.25) is 0 Å². The third-order valence-electron chi connectivity index (χ3n) is 5.54. The van der Waals surface area contributed by atoms with E-state index in [1.54, 1.807) is 0 Å². The SMILES string of the molecule is CC(C)(C)[PH](C)(C1CCCCC1)C(C)(C)C. The summed E-state index contributed by atoms with van der Waals surface area (Å²) in [5, 5.41) is 1.07. The van der Waals surface area contributed by atoms with Crippen molar-refractivity contribution in [3.8, 4) is 0 Å². The fourth-order valence-electron chi connectivity index (χ4n) is 4.03. The molecule has 0 radical (unpaired) electrons. The summed E-state index contributed by atoms with van der Waals surface area (Å²) < 4.78 is 0. The van der Waals surface area contributed by atoms with Crippen LogP contribution >= 0.6 is 7.26 Å². The summed E-state index contributed by atoms with van der Waals surface area (Å²) in [5.41, 5.74) is 1.06. The summed E-state index contributed by atoms with van der Waals surface area (Å²) in [7, 11) is -1.25. The summed E-state index contributed by atoms with van der Waals surface area (Å²) in [6.07, 6.45) is 7.47. The normalized spacial score (nSPS) is 22.2. The Labute approximate surface area is 104 Å². The van der Waals surface area contributed by atoms with E-state index < -0.39 is 7.26 Å². The summed E-state index contributed by atoms with van der Waals surface area (Å²) >= 11 is 0. The second kappa shape index (κ2) is 4.60. The molecule has 0 aromatic heterocycles. The summed E-state index contributed by atoms with van der Waals surface area (Å²) in [4.78, 5) is 0. The van der Waals surface area contributed by atoms with Crippen molar-refractivity contribution >= 4 is 7.26 Å². The Bertz CT molecular complexity index is 209. The van der Waals surface area contributed by atoms with E-state index in [2.05, 4.69) is 48.2 Å². The van der Waals surface area contributed by atoms with Crippen molar-refractivity contribution in [2.24, 2.45) is 0 Å². The standard InChI is InChI=1S/C15H33P/c1-14(2,3)16(7,15(4,5)6)13-11-9-8-10-12-13/h13,16H,8-12H2,1-7H3. The zero-order chi connectivity index (χ0) is 12.6. The summed E-state index contributed by atoms with van der Waals surface area (Å²) in [5.74, 6) is 0. The zero-order valence-corrected chi connectivity index (χ0v) is 13.6. The average Bonchev–Trinajstić information content (AvgIpc) is 2.14.